The van der Waals surface area contributed by atoms with Gasteiger partial charge in [0.05, 0.1) is 6.42 Å². The van der Waals surface area contributed by atoms with E-state index >= 15 is 0 Å². The number of ether oxygens (including phenoxy) is 3. The second-order valence-corrected chi connectivity index (χ2v) is 8.59. The first-order chi connectivity index (χ1) is 16.5. The van der Waals surface area contributed by atoms with Crippen LogP contribution in [0.4, 0.5) is 35.1 Å². The lowest BCUT2D eigenvalue weighted by atomic mass is 9.74. The van der Waals surface area contributed by atoms with E-state index in [9.17, 15) is 39.9 Å². The number of hydrogen-bond donors (Lipinski definition) is 0. The third-order valence-corrected chi connectivity index (χ3v) is 4.99. The van der Waals surface area contributed by atoms with E-state index in [1.807, 2.05) is 0 Å². The zero-order valence-corrected chi connectivity index (χ0v) is 20.3. The predicted molar refractivity (Wildman–Crippen MR) is 119 cm³/mol. The summed E-state index contributed by atoms with van der Waals surface area (Å²) in [4.78, 5) is 12.1. The molecule has 0 amide bonds. The highest BCUT2D eigenvalue weighted by atomic mass is 19.3. The molecule has 0 fully saturated rings. The third kappa shape index (κ3) is 14.7. The van der Waals surface area contributed by atoms with Gasteiger partial charge in [0.2, 0.25) is 0 Å². The quantitative estimate of drug-likeness (QED) is 0.107. The van der Waals surface area contributed by atoms with Crippen molar-refractivity contribution in [1.29, 1.82) is 0 Å². The lowest BCUT2D eigenvalue weighted by Gasteiger charge is -2.31. The molecule has 0 rings (SSSR count). The fraction of sp³-hybridized carbons (Fsp3) is 0.708. The normalized spacial score (nSPS) is 13.5. The van der Waals surface area contributed by atoms with Crippen molar-refractivity contribution in [3.8, 4) is 0 Å². The molecule has 210 valence electrons. The van der Waals surface area contributed by atoms with E-state index < -0.39 is 67.9 Å². The summed E-state index contributed by atoms with van der Waals surface area (Å²) >= 11 is 0. The van der Waals surface area contributed by atoms with Crippen LogP contribution in [-0.4, -0.2) is 56.3 Å². The molecule has 0 heterocycles. The Labute approximate surface area is 206 Å². The molecule has 12 heteroatoms. The van der Waals surface area contributed by atoms with Gasteiger partial charge >= 0.3 is 12.2 Å². The van der Waals surface area contributed by atoms with Crippen LogP contribution < -0.4 is 0 Å². The molecule has 0 aliphatic heterocycles. The molecule has 0 aromatic carbocycles. The Morgan fingerprint density at radius 1 is 0.750 bits per heavy atom. The first-order valence-corrected chi connectivity index (χ1v) is 11.2. The molecule has 0 aromatic heterocycles. The third-order valence-electron chi connectivity index (χ3n) is 4.99. The fourth-order valence-corrected chi connectivity index (χ4v) is 3.51. The zero-order chi connectivity index (χ0) is 28.1. The molecule has 0 saturated carbocycles. The lowest BCUT2D eigenvalue weighted by molar-refractivity contribution is -0.397. The first-order valence-electron chi connectivity index (χ1n) is 11.2. The van der Waals surface area contributed by atoms with Gasteiger partial charge < -0.3 is 9.47 Å². The van der Waals surface area contributed by atoms with Crippen molar-refractivity contribution in [2.75, 3.05) is 26.4 Å². The van der Waals surface area contributed by atoms with E-state index in [-0.39, 0.29) is 19.4 Å². The lowest BCUT2D eigenvalue weighted by Crippen LogP contribution is -2.42. The molecule has 4 nitrogen and oxygen atoms in total. The minimum atomic E-state index is -5.00. The van der Waals surface area contributed by atoms with Gasteiger partial charge in [0.1, 0.15) is 32.0 Å². The Morgan fingerprint density at radius 2 is 1.25 bits per heavy atom. The van der Waals surface area contributed by atoms with Crippen LogP contribution in [0.15, 0.2) is 38.0 Å². The second-order valence-electron chi connectivity index (χ2n) is 8.59. The molecule has 0 N–H and O–H groups in total. The molecule has 36 heavy (non-hydrogen) atoms. The zero-order valence-electron chi connectivity index (χ0n) is 20.3. The Kier molecular flexibility index (Phi) is 14.1. The molecular weight excluding hydrogens is 504 g/mol. The summed E-state index contributed by atoms with van der Waals surface area (Å²) in [6.45, 7) is 6.85. The van der Waals surface area contributed by atoms with Gasteiger partial charge in [0.25, 0.3) is 11.8 Å². The Balaban J connectivity index is 4.82. The largest absolute Gasteiger partial charge is 0.383 e. The number of rotatable bonds is 22. The van der Waals surface area contributed by atoms with Crippen molar-refractivity contribution in [2.24, 2.45) is 5.41 Å². The highest BCUT2D eigenvalue weighted by Gasteiger charge is 2.51. The van der Waals surface area contributed by atoms with Gasteiger partial charge in [-0.1, -0.05) is 18.2 Å². The van der Waals surface area contributed by atoms with Crippen molar-refractivity contribution in [3.63, 3.8) is 0 Å². The minimum Gasteiger partial charge on any atom is -0.375 e. The van der Waals surface area contributed by atoms with E-state index in [0.717, 1.165) is 0 Å². The number of Topliss-reactive ketones (excluding diaryl/α,β-unsaturated/α-hetero) is 1. The summed E-state index contributed by atoms with van der Waals surface area (Å²) in [5.74, 6) is -8.92. The monoisotopic (exact) mass is 538 g/mol. The SMILES string of the molecule is C=CCC(CC=C)(CC=C)CCC(=O)CC(F)(F)COCC(F)(F)OC(F)(F)CC(F)(F)COCC. The van der Waals surface area contributed by atoms with Crippen molar-refractivity contribution in [1.82, 2.24) is 0 Å². The van der Waals surface area contributed by atoms with Gasteiger partial charge in [-0.05, 0) is 38.0 Å². The predicted octanol–water partition coefficient (Wildman–Crippen LogP) is 7.36. The molecule has 0 aliphatic rings. The highest BCUT2D eigenvalue weighted by Crippen LogP contribution is 2.39. The molecule has 0 unspecified atom stereocenters. The van der Waals surface area contributed by atoms with Gasteiger partial charge in [0.15, 0.2) is 0 Å². The number of carbonyl (C=O) groups is 1. The molecule has 0 spiro atoms. The maximum absolute atomic E-state index is 14.1. The van der Waals surface area contributed by atoms with Crippen LogP contribution in [0.3, 0.4) is 0 Å². The average Bonchev–Trinajstić information content (AvgIpc) is 2.69. The van der Waals surface area contributed by atoms with E-state index in [1.165, 1.54) is 6.92 Å². The van der Waals surface area contributed by atoms with Crippen LogP contribution in [0.25, 0.3) is 0 Å². The number of ketones is 1. The summed E-state index contributed by atoms with van der Waals surface area (Å²) in [5.41, 5.74) is -0.475. The smallest absolute Gasteiger partial charge is 0.375 e. The molecule has 0 atom stereocenters. The van der Waals surface area contributed by atoms with Crippen LogP contribution in [-0.2, 0) is 19.0 Å². The number of carbonyl (C=O) groups excluding carboxylic acids is 1. The van der Waals surface area contributed by atoms with Crippen molar-refractivity contribution >= 4 is 5.78 Å². The first kappa shape index (κ1) is 34.2. The number of halogens is 8. The van der Waals surface area contributed by atoms with Gasteiger partial charge in [-0.3, -0.25) is 9.53 Å². The van der Waals surface area contributed by atoms with Crippen molar-refractivity contribution in [2.45, 2.75) is 75.9 Å². The maximum atomic E-state index is 14.1. The van der Waals surface area contributed by atoms with Gasteiger partial charge in [0, 0.05) is 13.0 Å². The Bertz CT molecular complexity index is 684. The maximum Gasteiger partial charge on any atom is 0.383 e. The van der Waals surface area contributed by atoms with Gasteiger partial charge in [-0.25, -0.2) is 17.6 Å². The van der Waals surface area contributed by atoms with Crippen LogP contribution >= 0.6 is 0 Å². The molecular formula is C24H34F8O4. The van der Waals surface area contributed by atoms with Crippen LogP contribution in [0.1, 0.15) is 51.9 Å². The van der Waals surface area contributed by atoms with Crippen LogP contribution in [0.5, 0.6) is 0 Å². The number of alkyl halides is 8. The summed E-state index contributed by atoms with van der Waals surface area (Å²) in [6.07, 6.45) is -7.28. The van der Waals surface area contributed by atoms with E-state index in [2.05, 4.69) is 33.9 Å². The van der Waals surface area contributed by atoms with E-state index in [4.69, 9.17) is 0 Å². The molecule has 0 saturated heterocycles. The molecule has 0 aromatic rings. The summed E-state index contributed by atoms with van der Waals surface area (Å²) < 4.78 is 121. The average molecular weight is 539 g/mol. The molecule has 0 radical (unpaired) electrons. The standard InChI is InChI=1S/C24H34F8O4/c1-5-10-20(11-6-2,12-7-3)13-9-19(33)14-21(25,26)16-35-18-24(31,32)36-23(29,30)15-22(27,28)17-34-8-4/h5-7H,1-3,8-18H2,4H3. The topological polar surface area (TPSA) is 44.8 Å². The number of hydrogen-bond acceptors (Lipinski definition) is 4. The van der Waals surface area contributed by atoms with Gasteiger partial charge in [-0.2, -0.15) is 17.6 Å². The molecule has 0 aliphatic carbocycles. The van der Waals surface area contributed by atoms with Crippen LogP contribution in [0, 0.1) is 5.41 Å². The van der Waals surface area contributed by atoms with E-state index in [0.29, 0.717) is 19.3 Å². The molecule has 0 bridgehead atoms. The Morgan fingerprint density at radius 3 is 1.72 bits per heavy atom. The number of allylic oxidation sites excluding steroid dienone is 3. The van der Waals surface area contributed by atoms with Crippen molar-refractivity contribution < 1.29 is 54.1 Å². The second kappa shape index (κ2) is 14.8. The van der Waals surface area contributed by atoms with E-state index in [1.54, 1.807) is 18.2 Å². The van der Waals surface area contributed by atoms with Crippen molar-refractivity contribution in [3.05, 3.63) is 38.0 Å². The highest BCUT2D eigenvalue weighted by molar-refractivity contribution is 5.79. The minimum absolute atomic E-state index is 0.220. The summed E-state index contributed by atoms with van der Waals surface area (Å²) in [7, 11) is 0. The van der Waals surface area contributed by atoms with Gasteiger partial charge in [-0.15, -0.1) is 19.7 Å². The fourth-order valence-electron chi connectivity index (χ4n) is 3.51. The summed E-state index contributed by atoms with van der Waals surface area (Å²) in [5, 5.41) is 0. The Hall–Kier alpha value is -1.79. The summed E-state index contributed by atoms with van der Waals surface area (Å²) in [6, 6.07) is 0. The van der Waals surface area contributed by atoms with Crippen LogP contribution in [0.2, 0.25) is 0 Å².